The quantitative estimate of drug-likeness (QED) is 0.360. The Labute approximate surface area is 182 Å². The Bertz CT molecular complexity index is 995. The van der Waals surface area contributed by atoms with E-state index in [9.17, 15) is 9.18 Å². The number of hydrogen-bond donors (Lipinski definition) is 1. The van der Waals surface area contributed by atoms with Gasteiger partial charge in [-0.15, -0.1) is 10.2 Å². The molecule has 3 rings (SSSR count). The topological polar surface area (TPSA) is 59.8 Å². The third kappa shape index (κ3) is 5.50. The van der Waals surface area contributed by atoms with Crippen LogP contribution in [-0.2, 0) is 6.54 Å². The zero-order valence-electron chi connectivity index (χ0n) is 15.7. The molecular formula is C20H19Cl2FN4OS. The van der Waals surface area contributed by atoms with Crippen LogP contribution in [0.4, 0.5) is 4.39 Å². The fraction of sp³-hybridized carbons (Fsp3) is 0.250. The molecule has 0 aliphatic rings. The lowest BCUT2D eigenvalue weighted by Crippen LogP contribution is -2.25. The van der Waals surface area contributed by atoms with E-state index < -0.39 is 0 Å². The molecule has 3 aromatic rings. The molecule has 0 aliphatic carbocycles. The summed E-state index contributed by atoms with van der Waals surface area (Å²) >= 11 is 13.6. The normalized spacial score (nSPS) is 10.9. The molecule has 9 heteroatoms. The molecular weight excluding hydrogens is 434 g/mol. The standard InChI is InChI=1S/C20H19Cl2FN4OS/c1-2-3-10-29-20-26-25-18(27(20)15-7-5-14(23)6-8-15)12-24-19(28)16-11-13(21)4-9-17(16)22/h4-9,11H,2-3,10,12H2,1H3,(H,24,28). The smallest absolute Gasteiger partial charge is 0.253 e. The second kappa shape index (κ2) is 10.1. The van der Waals surface area contributed by atoms with E-state index in [2.05, 4.69) is 22.4 Å². The third-order valence-electron chi connectivity index (χ3n) is 4.09. The van der Waals surface area contributed by atoms with Crippen LogP contribution < -0.4 is 5.32 Å². The number of rotatable bonds is 8. The molecule has 5 nitrogen and oxygen atoms in total. The van der Waals surface area contributed by atoms with E-state index in [1.807, 2.05) is 4.57 Å². The number of halogens is 3. The van der Waals surface area contributed by atoms with Crippen LogP contribution in [0.1, 0.15) is 35.9 Å². The number of nitrogens with zero attached hydrogens (tertiary/aromatic N) is 3. The Balaban J connectivity index is 1.83. The van der Waals surface area contributed by atoms with Crippen molar-refractivity contribution >= 4 is 40.9 Å². The molecule has 1 N–H and O–H groups in total. The molecule has 1 amide bonds. The summed E-state index contributed by atoms with van der Waals surface area (Å²) in [5.74, 6) is 0.723. The number of aromatic nitrogens is 3. The second-order valence-corrected chi connectivity index (χ2v) is 8.13. The molecule has 0 fully saturated rings. The van der Waals surface area contributed by atoms with E-state index in [-0.39, 0.29) is 23.8 Å². The Hall–Kier alpha value is -2.09. The van der Waals surface area contributed by atoms with Crippen molar-refractivity contribution in [3.8, 4) is 5.69 Å². The van der Waals surface area contributed by atoms with Gasteiger partial charge in [0.15, 0.2) is 11.0 Å². The molecule has 0 saturated heterocycles. The Morgan fingerprint density at radius 2 is 1.93 bits per heavy atom. The van der Waals surface area contributed by atoms with E-state index in [0.717, 1.165) is 24.3 Å². The molecule has 0 bridgehead atoms. The van der Waals surface area contributed by atoms with Crippen LogP contribution in [0.5, 0.6) is 0 Å². The van der Waals surface area contributed by atoms with Gasteiger partial charge >= 0.3 is 0 Å². The minimum absolute atomic E-state index is 0.125. The van der Waals surface area contributed by atoms with Crippen molar-refractivity contribution in [1.29, 1.82) is 0 Å². The van der Waals surface area contributed by atoms with E-state index in [1.54, 1.807) is 36.0 Å². The van der Waals surface area contributed by atoms with Crippen molar-refractivity contribution in [1.82, 2.24) is 20.1 Å². The largest absolute Gasteiger partial charge is 0.345 e. The number of thioether (sulfide) groups is 1. The van der Waals surface area contributed by atoms with Crippen LogP contribution in [0.25, 0.3) is 5.69 Å². The van der Waals surface area contributed by atoms with Gasteiger partial charge in [-0.3, -0.25) is 9.36 Å². The van der Waals surface area contributed by atoms with Crippen molar-refractivity contribution in [3.63, 3.8) is 0 Å². The highest BCUT2D eigenvalue weighted by Gasteiger charge is 2.17. The zero-order valence-corrected chi connectivity index (χ0v) is 18.0. The Morgan fingerprint density at radius 1 is 1.17 bits per heavy atom. The van der Waals surface area contributed by atoms with Crippen molar-refractivity contribution in [2.45, 2.75) is 31.5 Å². The molecule has 152 valence electrons. The number of nitrogens with one attached hydrogen (secondary N) is 1. The van der Waals surface area contributed by atoms with Gasteiger partial charge in [0.05, 0.1) is 17.1 Å². The highest BCUT2D eigenvalue weighted by atomic mass is 35.5. The molecule has 1 aromatic heterocycles. The number of unbranched alkanes of at least 4 members (excludes halogenated alkanes) is 1. The predicted molar refractivity (Wildman–Crippen MR) is 115 cm³/mol. The van der Waals surface area contributed by atoms with E-state index in [1.165, 1.54) is 18.2 Å². The van der Waals surface area contributed by atoms with Gasteiger partial charge in [-0.2, -0.15) is 0 Å². The zero-order chi connectivity index (χ0) is 20.8. The van der Waals surface area contributed by atoms with Gasteiger partial charge in [0.2, 0.25) is 0 Å². The van der Waals surface area contributed by atoms with Crippen molar-refractivity contribution in [2.75, 3.05) is 5.75 Å². The Morgan fingerprint density at radius 3 is 2.66 bits per heavy atom. The number of carbonyl (C=O) groups is 1. The van der Waals surface area contributed by atoms with Gasteiger partial charge in [0.1, 0.15) is 5.82 Å². The number of carbonyl (C=O) groups excluding carboxylic acids is 1. The van der Waals surface area contributed by atoms with E-state index >= 15 is 0 Å². The van der Waals surface area contributed by atoms with Gasteiger partial charge < -0.3 is 5.32 Å². The van der Waals surface area contributed by atoms with Crippen LogP contribution in [0.15, 0.2) is 47.6 Å². The fourth-order valence-corrected chi connectivity index (χ4v) is 4.02. The number of amides is 1. The van der Waals surface area contributed by atoms with Crippen LogP contribution >= 0.6 is 35.0 Å². The first-order valence-electron chi connectivity index (χ1n) is 9.06. The molecule has 29 heavy (non-hydrogen) atoms. The highest BCUT2D eigenvalue weighted by Crippen LogP contribution is 2.24. The lowest BCUT2D eigenvalue weighted by Gasteiger charge is -2.11. The fourth-order valence-electron chi connectivity index (χ4n) is 2.59. The van der Waals surface area contributed by atoms with Crippen molar-refractivity contribution in [2.24, 2.45) is 0 Å². The first kappa shape index (κ1) is 21.6. The maximum atomic E-state index is 13.4. The summed E-state index contributed by atoms with van der Waals surface area (Å²) in [6.45, 7) is 2.24. The SMILES string of the molecule is CCCCSc1nnc(CNC(=O)c2cc(Cl)ccc2Cl)n1-c1ccc(F)cc1. The lowest BCUT2D eigenvalue weighted by atomic mass is 10.2. The van der Waals surface area contributed by atoms with Crippen LogP contribution in [0.3, 0.4) is 0 Å². The summed E-state index contributed by atoms with van der Waals surface area (Å²) in [5, 5.41) is 12.7. The lowest BCUT2D eigenvalue weighted by molar-refractivity contribution is 0.0950. The average Bonchev–Trinajstić information content (AvgIpc) is 3.11. The molecule has 1 heterocycles. The van der Waals surface area contributed by atoms with E-state index in [0.29, 0.717) is 21.0 Å². The summed E-state index contributed by atoms with van der Waals surface area (Å²) in [5.41, 5.74) is 1.00. The molecule has 0 atom stereocenters. The van der Waals surface area contributed by atoms with Crippen LogP contribution in [0, 0.1) is 5.82 Å². The molecule has 0 spiro atoms. The predicted octanol–water partition coefficient (Wildman–Crippen LogP) is 5.54. The highest BCUT2D eigenvalue weighted by molar-refractivity contribution is 7.99. The molecule has 0 aliphatic heterocycles. The second-order valence-electron chi connectivity index (χ2n) is 6.22. The molecule has 0 unspecified atom stereocenters. The summed E-state index contributed by atoms with van der Waals surface area (Å²) in [7, 11) is 0. The summed E-state index contributed by atoms with van der Waals surface area (Å²) < 4.78 is 15.2. The minimum atomic E-state index is -0.369. The van der Waals surface area contributed by atoms with E-state index in [4.69, 9.17) is 23.2 Å². The summed E-state index contributed by atoms with van der Waals surface area (Å²) in [6, 6.07) is 10.8. The first-order valence-corrected chi connectivity index (χ1v) is 10.8. The maximum Gasteiger partial charge on any atom is 0.253 e. The maximum absolute atomic E-state index is 13.4. The van der Waals surface area contributed by atoms with Crippen LogP contribution in [0.2, 0.25) is 10.0 Å². The van der Waals surface area contributed by atoms with Crippen LogP contribution in [-0.4, -0.2) is 26.4 Å². The third-order valence-corrected chi connectivity index (χ3v) is 5.67. The molecule has 0 saturated carbocycles. The van der Waals surface area contributed by atoms with Crippen molar-refractivity contribution in [3.05, 3.63) is 69.7 Å². The monoisotopic (exact) mass is 452 g/mol. The van der Waals surface area contributed by atoms with Gasteiger partial charge in [-0.1, -0.05) is 48.3 Å². The molecule has 0 radical (unpaired) electrons. The Kier molecular flexibility index (Phi) is 7.52. The molecule has 2 aromatic carbocycles. The average molecular weight is 453 g/mol. The van der Waals surface area contributed by atoms with Gasteiger partial charge in [0.25, 0.3) is 5.91 Å². The number of benzene rings is 2. The van der Waals surface area contributed by atoms with Gasteiger partial charge in [0, 0.05) is 16.5 Å². The summed E-state index contributed by atoms with van der Waals surface area (Å²) in [6.07, 6.45) is 2.11. The minimum Gasteiger partial charge on any atom is -0.345 e. The summed E-state index contributed by atoms with van der Waals surface area (Å²) in [4.78, 5) is 12.5. The van der Waals surface area contributed by atoms with Crippen molar-refractivity contribution < 1.29 is 9.18 Å². The van der Waals surface area contributed by atoms with Gasteiger partial charge in [-0.25, -0.2) is 4.39 Å². The van der Waals surface area contributed by atoms with Gasteiger partial charge in [-0.05, 0) is 48.9 Å². The number of hydrogen-bond acceptors (Lipinski definition) is 4. The first-order chi connectivity index (χ1) is 14.0.